The van der Waals surface area contributed by atoms with Crippen molar-refractivity contribution in [3.63, 3.8) is 0 Å². The molecule has 2 nitrogen and oxygen atoms in total. The molecule has 0 bridgehead atoms. The van der Waals surface area contributed by atoms with E-state index in [1.54, 1.807) is 0 Å². The van der Waals surface area contributed by atoms with Crippen molar-refractivity contribution >= 4 is 14.1 Å². The van der Waals surface area contributed by atoms with E-state index in [-0.39, 0.29) is 11.8 Å². The summed E-state index contributed by atoms with van der Waals surface area (Å²) in [7, 11) is -1.73. The molecule has 0 radical (unpaired) electrons. The fraction of sp³-hybridized carbons (Fsp3) is 0.350. The highest BCUT2D eigenvalue weighted by atomic mass is 28.3. The molecule has 0 aromatic heterocycles. The Labute approximate surface area is 141 Å². The normalized spacial score (nSPS) is 12.7. The van der Waals surface area contributed by atoms with Gasteiger partial charge >= 0.3 is 0 Å². The Morgan fingerprint density at radius 1 is 0.913 bits per heavy atom. The van der Waals surface area contributed by atoms with Crippen LogP contribution in [0.1, 0.15) is 18.1 Å². The Bertz CT molecular complexity index is 619. The predicted molar refractivity (Wildman–Crippen MR) is 99.6 cm³/mol. The van der Waals surface area contributed by atoms with Crippen molar-refractivity contribution in [1.29, 1.82) is 0 Å². The first-order chi connectivity index (χ1) is 10.9. The highest BCUT2D eigenvalue weighted by Crippen LogP contribution is 2.20. The zero-order chi connectivity index (χ0) is 16.9. The van der Waals surface area contributed by atoms with Crippen molar-refractivity contribution in [1.82, 2.24) is 4.57 Å². The highest BCUT2D eigenvalue weighted by molar-refractivity contribution is 6.75. The molecule has 2 aromatic carbocycles. The van der Waals surface area contributed by atoms with Crippen LogP contribution in [-0.4, -0.2) is 18.7 Å². The van der Waals surface area contributed by atoms with E-state index in [2.05, 4.69) is 48.5 Å². The average molecular weight is 326 g/mol. The lowest BCUT2D eigenvalue weighted by Crippen LogP contribution is -2.51. The van der Waals surface area contributed by atoms with E-state index in [1.165, 1.54) is 11.1 Å². The lowest BCUT2D eigenvalue weighted by atomic mass is 10.0. The van der Waals surface area contributed by atoms with Crippen LogP contribution in [0.2, 0.25) is 19.6 Å². The average Bonchev–Trinajstić information content (AvgIpc) is 2.53. The second kappa shape index (κ2) is 7.60. The molecule has 2 rings (SSSR count). The van der Waals surface area contributed by atoms with Crippen LogP contribution >= 0.6 is 0 Å². The molecule has 0 spiro atoms. The van der Waals surface area contributed by atoms with Crippen molar-refractivity contribution in [2.45, 2.75) is 39.5 Å². The third kappa shape index (κ3) is 5.07. The number of benzene rings is 2. The Balaban J connectivity index is 2.13. The van der Waals surface area contributed by atoms with Crippen LogP contribution in [-0.2, 0) is 17.8 Å². The van der Waals surface area contributed by atoms with Crippen molar-refractivity contribution < 1.29 is 4.79 Å². The second-order valence-corrected chi connectivity index (χ2v) is 12.1. The summed E-state index contributed by atoms with van der Waals surface area (Å²) >= 11 is 0. The van der Waals surface area contributed by atoms with E-state index >= 15 is 0 Å². The monoisotopic (exact) mass is 325 g/mol. The van der Waals surface area contributed by atoms with Gasteiger partial charge in [0.15, 0.2) is 8.24 Å². The molecular formula is C20H27NOSi. The quantitative estimate of drug-likeness (QED) is 0.703. The smallest absolute Gasteiger partial charge is 0.218 e. The molecule has 3 heteroatoms. The van der Waals surface area contributed by atoms with E-state index in [4.69, 9.17) is 0 Å². The third-order valence-corrected chi connectivity index (χ3v) is 6.06. The molecule has 0 saturated heterocycles. The number of hydrogen-bond donors (Lipinski definition) is 0. The molecule has 0 aliphatic rings. The molecule has 0 aliphatic carbocycles. The lowest BCUT2D eigenvalue weighted by Gasteiger charge is -2.36. The van der Waals surface area contributed by atoms with Crippen LogP contribution in [0.3, 0.4) is 0 Å². The number of carbonyl (C=O) groups excluding carboxylic acids is 1. The fourth-order valence-electron chi connectivity index (χ4n) is 2.73. The van der Waals surface area contributed by atoms with E-state index in [0.717, 1.165) is 6.42 Å². The molecule has 2 aromatic rings. The first-order valence-corrected chi connectivity index (χ1v) is 11.7. The van der Waals surface area contributed by atoms with Crippen LogP contribution < -0.4 is 0 Å². The van der Waals surface area contributed by atoms with Crippen LogP contribution in [0.15, 0.2) is 60.7 Å². The number of hydrogen-bond acceptors (Lipinski definition) is 1. The van der Waals surface area contributed by atoms with E-state index < -0.39 is 8.24 Å². The minimum absolute atomic E-state index is 0.00726. The first kappa shape index (κ1) is 17.5. The topological polar surface area (TPSA) is 20.3 Å². The number of carbonyl (C=O) groups is 1. The minimum Gasteiger partial charge on any atom is -0.366 e. The molecule has 122 valence electrons. The molecule has 0 heterocycles. The van der Waals surface area contributed by atoms with Gasteiger partial charge < -0.3 is 4.57 Å². The third-order valence-electron chi connectivity index (χ3n) is 4.07. The number of amides is 1. The molecule has 0 saturated carbocycles. The van der Waals surface area contributed by atoms with Gasteiger partial charge in [0, 0.05) is 12.5 Å². The fourth-order valence-corrected chi connectivity index (χ4v) is 4.27. The van der Waals surface area contributed by atoms with Gasteiger partial charge in [-0.3, -0.25) is 4.79 Å². The maximum Gasteiger partial charge on any atom is 0.218 e. The van der Waals surface area contributed by atoms with Crippen molar-refractivity contribution in [3.8, 4) is 0 Å². The highest BCUT2D eigenvalue weighted by Gasteiger charge is 2.31. The maximum atomic E-state index is 13.1. The summed E-state index contributed by atoms with van der Waals surface area (Å²) in [4.78, 5) is 13.1. The van der Waals surface area contributed by atoms with Gasteiger partial charge in [0.25, 0.3) is 0 Å². The molecule has 1 atom stereocenters. The van der Waals surface area contributed by atoms with Gasteiger partial charge in [-0.1, -0.05) is 87.2 Å². The SMILES string of the molecule is CC(Cc1ccccc1)C(=O)N(Cc1ccccc1)[Si](C)(C)C. The molecule has 1 amide bonds. The number of rotatable bonds is 6. The van der Waals surface area contributed by atoms with Gasteiger partial charge in [-0.25, -0.2) is 0 Å². The zero-order valence-electron chi connectivity index (χ0n) is 14.6. The van der Waals surface area contributed by atoms with Crippen LogP contribution in [0.4, 0.5) is 0 Å². The summed E-state index contributed by atoms with van der Waals surface area (Å²) in [5.41, 5.74) is 2.43. The number of nitrogens with zero attached hydrogens (tertiary/aromatic N) is 1. The molecule has 0 aliphatic heterocycles. The van der Waals surface area contributed by atoms with E-state index in [1.807, 2.05) is 43.3 Å². The van der Waals surface area contributed by atoms with Gasteiger partial charge in [-0.2, -0.15) is 0 Å². The predicted octanol–water partition coefficient (Wildman–Crippen LogP) is 4.73. The standard InChI is InChI=1S/C20H27NOSi/c1-17(15-18-11-7-5-8-12-18)20(22)21(23(2,3)4)16-19-13-9-6-10-14-19/h5-14,17H,15-16H2,1-4H3. The Morgan fingerprint density at radius 3 is 1.87 bits per heavy atom. The van der Waals surface area contributed by atoms with E-state index in [0.29, 0.717) is 6.54 Å². The molecule has 0 fully saturated rings. The Kier molecular flexibility index (Phi) is 5.78. The van der Waals surface area contributed by atoms with Crippen molar-refractivity contribution in [3.05, 3.63) is 71.8 Å². The van der Waals surface area contributed by atoms with Gasteiger partial charge in [-0.05, 0) is 17.5 Å². The summed E-state index contributed by atoms with van der Waals surface area (Å²) in [6.07, 6.45) is 0.801. The molecular weight excluding hydrogens is 298 g/mol. The molecule has 23 heavy (non-hydrogen) atoms. The van der Waals surface area contributed by atoms with Gasteiger partial charge in [0.1, 0.15) is 0 Å². The van der Waals surface area contributed by atoms with E-state index in [9.17, 15) is 4.79 Å². The summed E-state index contributed by atoms with van der Waals surface area (Å²) in [5, 5.41) is 0. The summed E-state index contributed by atoms with van der Waals surface area (Å²) in [6.45, 7) is 9.48. The van der Waals surface area contributed by atoms with Gasteiger partial charge in [-0.15, -0.1) is 0 Å². The Morgan fingerprint density at radius 2 is 1.39 bits per heavy atom. The summed E-state index contributed by atoms with van der Waals surface area (Å²) < 4.78 is 2.13. The Hall–Kier alpha value is -1.87. The van der Waals surface area contributed by atoms with Gasteiger partial charge in [0.05, 0.1) is 0 Å². The summed E-state index contributed by atoms with van der Waals surface area (Å²) in [6, 6.07) is 20.6. The first-order valence-electron chi connectivity index (χ1n) is 8.27. The summed E-state index contributed by atoms with van der Waals surface area (Å²) in [5.74, 6) is 0.282. The zero-order valence-corrected chi connectivity index (χ0v) is 15.6. The van der Waals surface area contributed by atoms with Crippen LogP contribution in [0.5, 0.6) is 0 Å². The van der Waals surface area contributed by atoms with Gasteiger partial charge in [0.2, 0.25) is 5.91 Å². The second-order valence-electron chi connectivity index (χ2n) is 7.17. The largest absolute Gasteiger partial charge is 0.366 e. The van der Waals surface area contributed by atoms with Crippen LogP contribution in [0, 0.1) is 5.92 Å². The van der Waals surface area contributed by atoms with Crippen molar-refractivity contribution in [2.75, 3.05) is 0 Å². The minimum atomic E-state index is -1.73. The lowest BCUT2D eigenvalue weighted by molar-refractivity contribution is -0.131. The van der Waals surface area contributed by atoms with Crippen LogP contribution in [0.25, 0.3) is 0 Å². The molecule has 0 N–H and O–H groups in total. The molecule has 1 unspecified atom stereocenters. The van der Waals surface area contributed by atoms with Crippen molar-refractivity contribution in [2.24, 2.45) is 5.92 Å². The maximum absolute atomic E-state index is 13.1.